The predicted molar refractivity (Wildman–Crippen MR) is 84.3 cm³/mol. The van der Waals surface area contributed by atoms with Crippen LogP contribution >= 0.6 is 0 Å². The fraction of sp³-hybridized carbons (Fsp3) is 0.125. The number of halogens is 1. The van der Waals surface area contributed by atoms with Gasteiger partial charge in [0, 0.05) is 24.0 Å². The number of carbonyl (C=O) groups is 2. The highest BCUT2D eigenvalue weighted by Crippen LogP contribution is 2.15. The molecule has 22 heavy (non-hydrogen) atoms. The Hall–Kier alpha value is -2.89. The third-order valence-corrected chi connectivity index (χ3v) is 2.76. The quantitative estimate of drug-likeness (QED) is 0.795. The third-order valence-electron chi connectivity index (χ3n) is 2.76. The van der Waals surface area contributed by atoms with E-state index in [0.29, 0.717) is 17.1 Å². The molecule has 0 bridgehead atoms. The summed E-state index contributed by atoms with van der Waals surface area (Å²) in [6.45, 7) is 1.48. The number of carbonyl (C=O) groups excluding carboxylic acids is 2. The third kappa shape index (κ3) is 4.90. The van der Waals surface area contributed by atoms with Crippen LogP contribution in [-0.4, -0.2) is 18.4 Å². The van der Waals surface area contributed by atoms with Gasteiger partial charge in [-0.15, -0.1) is 0 Å². The predicted octanol–water partition coefficient (Wildman–Crippen LogP) is 2.83. The van der Waals surface area contributed by atoms with Gasteiger partial charge in [-0.3, -0.25) is 9.59 Å². The van der Waals surface area contributed by atoms with E-state index in [2.05, 4.69) is 16.0 Å². The van der Waals surface area contributed by atoms with Crippen molar-refractivity contribution in [2.75, 3.05) is 22.5 Å². The van der Waals surface area contributed by atoms with Gasteiger partial charge in [-0.1, -0.05) is 6.07 Å². The van der Waals surface area contributed by atoms with Gasteiger partial charge in [0.25, 0.3) is 0 Å². The Kier molecular flexibility index (Phi) is 5.08. The van der Waals surface area contributed by atoms with Crippen LogP contribution in [0.15, 0.2) is 48.5 Å². The van der Waals surface area contributed by atoms with Gasteiger partial charge in [-0.2, -0.15) is 0 Å². The van der Waals surface area contributed by atoms with Crippen LogP contribution in [0, 0.1) is 5.82 Å². The molecule has 0 aromatic heterocycles. The Morgan fingerprint density at radius 3 is 2.32 bits per heavy atom. The number of benzene rings is 2. The molecule has 2 aromatic rings. The van der Waals surface area contributed by atoms with Crippen LogP contribution < -0.4 is 16.0 Å². The summed E-state index contributed by atoms with van der Waals surface area (Å²) in [4.78, 5) is 22.8. The summed E-state index contributed by atoms with van der Waals surface area (Å²) in [5.74, 6) is -0.770. The van der Waals surface area contributed by atoms with Gasteiger partial charge < -0.3 is 16.0 Å². The summed E-state index contributed by atoms with van der Waals surface area (Å²) < 4.78 is 12.8. The Bertz CT molecular complexity index is 671. The van der Waals surface area contributed by atoms with Gasteiger partial charge in [0.05, 0.1) is 6.54 Å². The molecule has 5 nitrogen and oxygen atoms in total. The largest absolute Gasteiger partial charge is 0.376 e. The van der Waals surface area contributed by atoms with E-state index in [1.807, 2.05) is 0 Å². The Morgan fingerprint density at radius 1 is 0.955 bits per heavy atom. The molecule has 0 spiro atoms. The average Bonchev–Trinajstić information content (AvgIpc) is 2.47. The molecule has 2 amide bonds. The molecular weight excluding hydrogens is 285 g/mol. The van der Waals surface area contributed by atoms with Crippen molar-refractivity contribution in [2.24, 2.45) is 0 Å². The minimum atomic E-state index is -0.356. The van der Waals surface area contributed by atoms with E-state index in [4.69, 9.17) is 0 Å². The minimum absolute atomic E-state index is 0.0564. The molecule has 0 aliphatic carbocycles. The normalized spacial score (nSPS) is 9.91. The molecule has 114 valence electrons. The van der Waals surface area contributed by atoms with Crippen molar-refractivity contribution >= 4 is 28.9 Å². The van der Waals surface area contributed by atoms with E-state index in [1.54, 1.807) is 24.3 Å². The van der Waals surface area contributed by atoms with E-state index in [1.165, 1.54) is 31.2 Å². The molecule has 6 heteroatoms. The monoisotopic (exact) mass is 301 g/mol. The van der Waals surface area contributed by atoms with Gasteiger partial charge in [-0.25, -0.2) is 4.39 Å². The SMILES string of the molecule is CC(=O)Nc1cccc(NCC(=O)Nc2ccc(F)cc2)c1. The minimum Gasteiger partial charge on any atom is -0.376 e. The van der Waals surface area contributed by atoms with E-state index in [0.717, 1.165) is 0 Å². The Labute approximate surface area is 127 Å². The summed E-state index contributed by atoms with van der Waals surface area (Å²) in [5.41, 5.74) is 1.89. The summed E-state index contributed by atoms with van der Waals surface area (Å²) in [5, 5.41) is 8.26. The molecule has 2 rings (SSSR count). The fourth-order valence-electron chi connectivity index (χ4n) is 1.83. The van der Waals surface area contributed by atoms with Crippen molar-refractivity contribution in [3.8, 4) is 0 Å². The zero-order valence-corrected chi connectivity index (χ0v) is 12.0. The maximum absolute atomic E-state index is 12.8. The smallest absolute Gasteiger partial charge is 0.243 e. The molecule has 0 aliphatic heterocycles. The molecule has 2 aromatic carbocycles. The van der Waals surface area contributed by atoms with Crippen LogP contribution in [-0.2, 0) is 9.59 Å². The molecular formula is C16H16FN3O2. The van der Waals surface area contributed by atoms with Crippen LogP contribution in [0.2, 0.25) is 0 Å². The molecule has 0 atom stereocenters. The summed E-state index contributed by atoms with van der Waals surface area (Å²) in [7, 11) is 0. The molecule has 0 unspecified atom stereocenters. The molecule has 0 heterocycles. The Balaban J connectivity index is 1.88. The molecule has 0 fully saturated rings. The van der Waals surface area contributed by atoms with Gasteiger partial charge in [0.2, 0.25) is 11.8 Å². The van der Waals surface area contributed by atoms with Crippen LogP contribution in [0.25, 0.3) is 0 Å². The number of hydrogen-bond donors (Lipinski definition) is 3. The van der Waals surface area contributed by atoms with Crippen LogP contribution in [0.1, 0.15) is 6.92 Å². The highest BCUT2D eigenvalue weighted by atomic mass is 19.1. The molecule has 0 saturated heterocycles. The standard InChI is InChI=1S/C16H16FN3O2/c1-11(21)19-15-4-2-3-14(9-15)18-10-16(22)20-13-7-5-12(17)6-8-13/h2-9,18H,10H2,1H3,(H,19,21)(H,20,22). The summed E-state index contributed by atoms with van der Waals surface area (Å²) >= 11 is 0. The van der Waals surface area contributed by atoms with Gasteiger partial charge in [0.15, 0.2) is 0 Å². The van der Waals surface area contributed by atoms with Crippen molar-refractivity contribution < 1.29 is 14.0 Å². The maximum atomic E-state index is 12.8. The van der Waals surface area contributed by atoms with Crippen molar-refractivity contribution in [1.29, 1.82) is 0 Å². The lowest BCUT2D eigenvalue weighted by atomic mass is 10.2. The lowest BCUT2D eigenvalue weighted by molar-refractivity contribution is -0.115. The van der Waals surface area contributed by atoms with Gasteiger partial charge in [0.1, 0.15) is 5.82 Å². The van der Waals surface area contributed by atoms with Crippen LogP contribution in [0.3, 0.4) is 0 Å². The number of anilines is 3. The van der Waals surface area contributed by atoms with E-state index < -0.39 is 0 Å². The van der Waals surface area contributed by atoms with Crippen molar-refractivity contribution in [2.45, 2.75) is 6.92 Å². The second kappa shape index (κ2) is 7.21. The topological polar surface area (TPSA) is 70.2 Å². The first-order valence-electron chi connectivity index (χ1n) is 6.70. The Morgan fingerprint density at radius 2 is 1.64 bits per heavy atom. The number of rotatable bonds is 5. The lowest BCUT2D eigenvalue weighted by Gasteiger charge is -2.09. The van der Waals surface area contributed by atoms with E-state index >= 15 is 0 Å². The zero-order chi connectivity index (χ0) is 15.9. The van der Waals surface area contributed by atoms with Crippen LogP contribution in [0.4, 0.5) is 21.5 Å². The highest BCUT2D eigenvalue weighted by Gasteiger charge is 2.03. The second-order valence-corrected chi connectivity index (χ2v) is 4.67. The van der Waals surface area contributed by atoms with Crippen molar-refractivity contribution in [3.63, 3.8) is 0 Å². The molecule has 0 radical (unpaired) electrons. The number of nitrogens with one attached hydrogen (secondary N) is 3. The zero-order valence-electron chi connectivity index (χ0n) is 12.0. The van der Waals surface area contributed by atoms with E-state index in [-0.39, 0.29) is 24.2 Å². The first-order valence-corrected chi connectivity index (χ1v) is 6.70. The van der Waals surface area contributed by atoms with Crippen LogP contribution in [0.5, 0.6) is 0 Å². The van der Waals surface area contributed by atoms with Crippen molar-refractivity contribution in [3.05, 3.63) is 54.3 Å². The number of hydrogen-bond acceptors (Lipinski definition) is 3. The van der Waals surface area contributed by atoms with Gasteiger partial charge in [-0.05, 0) is 42.5 Å². The first-order chi connectivity index (χ1) is 10.5. The summed E-state index contributed by atoms with van der Waals surface area (Å²) in [6, 6.07) is 12.6. The van der Waals surface area contributed by atoms with Gasteiger partial charge >= 0.3 is 0 Å². The fourth-order valence-corrected chi connectivity index (χ4v) is 1.83. The average molecular weight is 301 g/mol. The second-order valence-electron chi connectivity index (χ2n) is 4.67. The molecule has 0 aliphatic rings. The lowest BCUT2D eigenvalue weighted by Crippen LogP contribution is -2.21. The maximum Gasteiger partial charge on any atom is 0.243 e. The highest BCUT2D eigenvalue weighted by molar-refractivity contribution is 5.94. The molecule has 0 saturated carbocycles. The number of amides is 2. The van der Waals surface area contributed by atoms with Crippen molar-refractivity contribution in [1.82, 2.24) is 0 Å². The van der Waals surface area contributed by atoms with E-state index in [9.17, 15) is 14.0 Å². The molecule has 3 N–H and O–H groups in total. The first kappa shape index (κ1) is 15.5. The summed E-state index contributed by atoms with van der Waals surface area (Å²) in [6.07, 6.45) is 0.